The van der Waals surface area contributed by atoms with Crippen molar-refractivity contribution in [3.8, 4) is 5.75 Å². The van der Waals surface area contributed by atoms with Crippen LogP contribution in [-0.2, 0) is 6.54 Å². The lowest BCUT2D eigenvalue weighted by molar-refractivity contribution is 0.0955. The molecule has 6 nitrogen and oxygen atoms in total. The minimum absolute atomic E-state index is 0.214. The first-order valence-corrected chi connectivity index (χ1v) is 7.17. The maximum atomic E-state index is 12.1. The Balaban J connectivity index is 2.01. The molecule has 0 saturated heterocycles. The third-order valence-electron chi connectivity index (χ3n) is 2.84. The number of methoxy groups -OCH3 is 1. The Kier molecular flexibility index (Phi) is 4.64. The van der Waals surface area contributed by atoms with E-state index in [0.717, 1.165) is 11.3 Å². The number of hydrogen-bond donors (Lipinski definition) is 2. The molecule has 1 amide bonds. The molecular formula is C14H18N4O2S. The molecule has 0 fully saturated rings. The zero-order valence-electron chi connectivity index (χ0n) is 12.2. The van der Waals surface area contributed by atoms with E-state index in [1.54, 1.807) is 7.11 Å². The SMILES string of the molecule is COc1ccc(CNC(=O)c2sc(N(C)C)nc2N)cc1. The van der Waals surface area contributed by atoms with Crippen LogP contribution in [0.5, 0.6) is 5.75 Å². The van der Waals surface area contributed by atoms with Crippen LogP contribution in [0.1, 0.15) is 15.2 Å². The summed E-state index contributed by atoms with van der Waals surface area (Å²) in [4.78, 5) is 18.5. The Labute approximate surface area is 127 Å². The van der Waals surface area contributed by atoms with Gasteiger partial charge in [-0.3, -0.25) is 4.79 Å². The van der Waals surface area contributed by atoms with E-state index in [4.69, 9.17) is 10.5 Å². The number of carbonyl (C=O) groups is 1. The maximum absolute atomic E-state index is 12.1. The molecule has 7 heteroatoms. The van der Waals surface area contributed by atoms with Gasteiger partial charge in [0.2, 0.25) is 0 Å². The van der Waals surface area contributed by atoms with Crippen molar-refractivity contribution < 1.29 is 9.53 Å². The van der Waals surface area contributed by atoms with E-state index in [2.05, 4.69) is 10.3 Å². The molecule has 1 aromatic heterocycles. The third-order valence-corrected chi connectivity index (χ3v) is 4.08. The summed E-state index contributed by atoms with van der Waals surface area (Å²) in [5, 5.41) is 3.55. The van der Waals surface area contributed by atoms with Crippen molar-refractivity contribution in [2.75, 3.05) is 31.8 Å². The minimum atomic E-state index is -0.214. The van der Waals surface area contributed by atoms with Gasteiger partial charge in [-0.2, -0.15) is 0 Å². The first-order valence-electron chi connectivity index (χ1n) is 6.36. The fourth-order valence-electron chi connectivity index (χ4n) is 1.68. The van der Waals surface area contributed by atoms with E-state index in [1.165, 1.54) is 11.3 Å². The summed E-state index contributed by atoms with van der Waals surface area (Å²) in [7, 11) is 5.33. The molecule has 3 N–H and O–H groups in total. The number of nitrogens with one attached hydrogen (secondary N) is 1. The molecular weight excluding hydrogens is 288 g/mol. The van der Waals surface area contributed by atoms with Crippen molar-refractivity contribution in [1.82, 2.24) is 10.3 Å². The highest BCUT2D eigenvalue weighted by molar-refractivity contribution is 7.18. The van der Waals surface area contributed by atoms with Crippen LogP contribution in [0.2, 0.25) is 0 Å². The predicted molar refractivity (Wildman–Crippen MR) is 85.0 cm³/mol. The molecule has 0 saturated carbocycles. The number of nitrogens with two attached hydrogens (primary N) is 1. The molecule has 0 aliphatic rings. The van der Waals surface area contributed by atoms with E-state index >= 15 is 0 Å². The van der Waals surface area contributed by atoms with E-state index < -0.39 is 0 Å². The highest BCUT2D eigenvalue weighted by atomic mass is 32.1. The lowest BCUT2D eigenvalue weighted by atomic mass is 10.2. The molecule has 2 aromatic rings. The second-order valence-electron chi connectivity index (χ2n) is 4.64. The Morgan fingerprint density at radius 1 is 1.38 bits per heavy atom. The normalized spacial score (nSPS) is 10.2. The molecule has 112 valence electrons. The van der Waals surface area contributed by atoms with E-state index in [9.17, 15) is 4.79 Å². The van der Waals surface area contributed by atoms with Crippen molar-refractivity contribution in [2.24, 2.45) is 0 Å². The Morgan fingerprint density at radius 2 is 2.05 bits per heavy atom. The predicted octanol–water partition coefficient (Wildman–Crippen LogP) is 1.73. The summed E-state index contributed by atoms with van der Waals surface area (Å²) in [5.41, 5.74) is 6.77. The smallest absolute Gasteiger partial charge is 0.265 e. The molecule has 1 aromatic carbocycles. The number of hydrogen-bond acceptors (Lipinski definition) is 6. The monoisotopic (exact) mass is 306 g/mol. The van der Waals surface area contributed by atoms with Crippen molar-refractivity contribution in [2.45, 2.75) is 6.54 Å². The first-order chi connectivity index (χ1) is 10.0. The largest absolute Gasteiger partial charge is 0.497 e. The van der Waals surface area contributed by atoms with Crippen LogP contribution in [0, 0.1) is 0 Å². The summed E-state index contributed by atoms with van der Waals surface area (Å²) >= 11 is 1.27. The second kappa shape index (κ2) is 6.45. The number of nitrogen functional groups attached to an aromatic ring is 1. The molecule has 0 radical (unpaired) electrons. The van der Waals surface area contributed by atoms with Gasteiger partial charge in [-0.25, -0.2) is 4.98 Å². The van der Waals surface area contributed by atoms with Gasteiger partial charge in [0.25, 0.3) is 5.91 Å². The summed E-state index contributed by atoms with van der Waals surface area (Å²) in [5.74, 6) is 0.831. The zero-order valence-corrected chi connectivity index (χ0v) is 13.0. The van der Waals surface area contributed by atoms with E-state index in [0.29, 0.717) is 16.6 Å². The number of amides is 1. The highest BCUT2D eigenvalue weighted by Gasteiger charge is 2.16. The lowest BCUT2D eigenvalue weighted by Crippen LogP contribution is -2.22. The molecule has 0 bridgehead atoms. The van der Waals surface area contributed by atoms with Gasteiger partial charge in [-0.15, -0.1) is 0 Å². The van der Waals surface area contributed by atoms with Gasteiger partial charge in [0.1, 0.15) is 16.4 Å². The summed E-state index contributed by atoms with van der Waals surface area (Å²) in [6.07, 6.45) is 0. The van der Waals surface area contributed by atoms with Gasteiger partial charge in [0.15, 0.2) is 5.13 Å². The number of aromatic nitrogens is 1. The number of anilines is 2. The summed E-state index contributed by atoms with van der Waals surface area (Å²) in [6.45, 7) is 0.428. The van der Waals surface area contributed by atoms with Crippen molar-refractivity contribution in [3.05, 3.63) is 34.7 Å². The van der Waals surface area contributed by atoms with Crippen LogP contribution in [0.25, 0.3) is 0 Å². The van der Waals surface area contributed by atoms with Crippen molar-refractivity contribution >= 4 is 28.2 Å². The number of rotatable bonds is 5. The number of benzene rings is 1. The number of thiazole rings is 1. The molecule has 0 unspecified atom stereocenters. The number of nitrogens with zero attached hydrogens (tertiary/aromatic N) is 2. The average molecular weight is 306 g/mol. The Hall–Kier alpha value is -2.28. The third kappa shape index (κ3) is 3.63. The quantitative estimate of drug-likeness (QED) is 0.879. The van der Waals surface area contributed by atoms with Gasteiger partial charge >= 0.3 is 0 Å². The molecule has 0 spiro atoms. The van der Waals surface area contributed by atoms with Crippen LogP contribution in [0.15, 0.2) is 24.3 Å². The molecule has 2 rings (SSSR count). The molecule has 21 heavy (non-hydrogen) atoms. The molecule has 0 aliphatic heterocycles. The average Bonchev–Trinajstić information content (AvgIpc) is 2.87. The number of ether oxygens (including phenoxy) is 1. The maximum Gasteiger partial charge on any atom is 0.265 e. The minimum Gasteiger partial charge on any atom is -0.497 e. The number of carbonyl (C=O) groups excluding carboxylic acids is 1. The highest BCUT2D eigenvalue weighted by Crippen LogP contribution is 2.26. The Bertz CT molecular complexity index is 622. The van der Waals surface area contributed by atoms with Crippen LogP contribution < -0.4 is 20.7 Å². The van der Waals surface area contributed by atoms with Gasteiger partial charge in [-0.1, -0.05) is 23.5 Å². The standard InChI is InChI=1S/C14H18N4O2S/c1-18(2)14-17-12(15)11(21-14)13(19)16-8-9-4-6-10(20-3)7-5-9/h4-7H,8,15H2,1-3H3,(H,16,19). The van der Waals surface area contributed by atoms with E-state index in [-0.39, 0.29) is 11.7 Å². The lowest BCUT2D eigenvalue weighted by Gasteiger charge is -2.06. The first kappa shape index (κ1) is 15.1. The van der Waals surface area contributed by atoms with Crippen LogP contribution >= 0.6 is 11.3 Å². The van der Waals surface area contributed by atoms with Gasteiger partial charge in [0.05, 0.1) is 7.11 Å². The Morgan fingerprint density at radius 3 is 2.57 bits per heavy atom. The van der Waals surface area contributed by atoms with Crippen LogP contribution in [0.3, 0.4) is 0 Å². The second-order valence-corrected chi connectivity index (χ2v) is 5.61. The van der Waals surface area contributed by atoms with Gasteiger partial charge in [-0.05, 0) is 17.7 Å². The van der Waals surface area contributed by atoms with Gasteiger partial charge in [0, 0.05) is 20.6 Å². The van der Waals surface area contributed by atoms with Crippen molar-refractivity contribution in [1.29, 1.82) is 0 Å². The topological polar surface area (TPSA) is 80.5 Å². The summed E-state index contributed by atoms with van der Waals surface area (Å²) in [6, 6.07) is 7.51. The van der Waals surface area contributed by atoms with E-state index in [1.807, 2.05) is 43.3 Å². The molecule has 1 heterocycles. The zero-order chi connectivity index (χ0) is 15.4. The molecule has 0 aliphatic carbocycles. The fourth-order valence-corrected chi connectivity index (χ4v) is 2.50. The fraction of sp³-hybridized carbons (Fsp3) is 0.286. The van der Waals surface area contributed by atoms with Crippen LogP contribution in [-0.4, -0.2) is 32.1 Å². The summed E-state index contributed by atoms with van der Waals surface area (Å²) < 4.78 is 5.09. The van der Waals surface area contributed by atoms with Crippen molar-refractivity contribution in [3.63, 3.8) is 0 Å². The van der Waals surface area contributed by atoms with Crippen LogP contribution in [0.4, 0.5) is 10.9 Å². The molecule has 0 atom stereocenters. The van der Waals surface area contributed by atoms with Gasteiger partial charge < -0.3 is 20.7 Å².